The molecule has 7 nitrogen and oxygen atoms in total. The largest absolute Gasteiger partial charge is 0.497 e. The lowest BCUT2D eigenvalue weighted by atomic mass is 10.1. The average molecular weight is 484 g/mol. The van der Waals surface area contributed by atoms with Crippen LogP contribution in [0.4, 0.5) is 5.69 Å². The molecule has 0 saturated heterocycles. The van der Waals surface area contributed by atoms with Gasteiger partial charge in [-0.1, -0.05) is 43.5 Å². The van der Waals surface area contributed by atoms with Crippen molar-refractivity contribution in [2.75, 3.05) is 25.6 Å². The monoisotopic (exact) mass is 483 g/mol. The summed E-state index contributed by atoms with van der Waals surface area (Å²) in [6.45, 7) is 5.09. The molecule has 2 aromatic heterocycles. The van der Waals surface area contributed by atoms with Crippen molar-refractivity contribution in [1.82, 2.24) is 18.5 Å². The van der Waals surface area contributed by atoms with Crippen molar-refractivity contribution < 1.29 is 4.74 Å². The van der Waals surface area contributed by atoms with Crippen molar-refractivity contribution in [3.8, 4) is 5.75 Å². The number of benzene rings is 2. The molecular weight excluding hydrogens is 458 g/mol. The molecule has 0 saturated carbocycles. The van der Waals surface area contributed by atoms with Crippen LogP contribution in [0.3, 0.4) is 0 Å². The quantitative estimate of drug-likeness (QED) is 0.391. The summed E-state index contributed by atoms with van der Waals surface area (Å²) in [7, 11) is 3.68. The Morgan fingerprint density at radius 2 is 1.91 bits per heavy atom. The predicted octanol–water partition coefficient (Wildman–Crippen LogP) is 4.54. The van der Waals surface area contributed by atoms with Crippen molar-refractivity contribution in [3.05, 3.63) is 81.1 Å². The second-order valence-electron chi connectivity index (χ2n) is 8.17. The van der Waals surface area contributed by atoms with Crippen LogP contribution in [0, 0.1) is 6.92 Å². The number of ether oxygens (including phenoxy) is 1. The Kier molecular flexibility index (Phi) is 6.67. The van der Waals surface area contributed by atoms with Crippen LogP contribution in [0.5, 0.6) is 5.75 Å². The van der Waals surface area contributed by atoms with Crippen LogP contribution in [0.25, 0.3) is 11.2 Å². The number of aromatic nitrogens is 4. The van der Waals surface area contributed by atoms with Crippen molar-refractivity contribution in [2.45, 2.75) is 26.3 Å². The van der Waals surface area contributed by atoms with Gasteiger partial charge >= 0.3 is 5.69 Å². The lowest BCUT2D eigenvalue weighted by Gasteiger charge is -2.23. The summed E-state index contributed by atoms with van der Waals surface area (Å²) < 4.78 is 8.21. The van der Waals surface area contributed by atoms with Gasteiger partial charge in [-0.2, -0.15) is 0 Å². The summed E-state index contributed by atoms with van der Waals surface area (Å²) in [5.74, 6) is 0.836. The number of likely N-dealkylation sites (N-methyl/N-ethyl adjacent to an activating group) is 1. The van der Waals surface area contributed by atoms with Gasteiger partial charge in [0.2, 0.25) is 0 Å². The average Bonchev–Trinajstić information content (AvgIpc) is 3.06. The van der Waals surface area contributed by atoms with Crippen LogP contribution in [0.2, 0.25) is 5.02 Å². The van der Waals surface area contributed by atoms with Gasteiger partial charge < -0.3 is 9.64 Å². The molecule has 1 unspecified atom stereocenters. The second kappa shape index (κ2) is 9.49. The zero-order chi connectivity index (χ0) is 23.7. The lowest BCUT2D eigenvalue weighted by molar-refractivity contribution is 0.415. The number of anilines is 1. The van der Waals surface area contributed by atoms with Crippen LogP contribution in [-0.2, 0) is 6.54 Å². The zero-order valence-corrected chi connectivity index (χ0v) is 20.6. The number of halogens is 1. The predicted molar refractivity (Wildman–Crippen MR) is 136 cm³/mol. The number of hydrogen-bond acceptors (Lipinski definition) is 6. The molecule has 0 aliphatic rings. The number of fused-ring (bicyclic) bond motifs is 1. The highest BCUT2D eigenvalue weighted by atomic mass is 35.5. The third kappa shape index (κ3) is 4.58. The molecule has 1 atom stereocenters. The fraction of sp³-hybridized carbons (Fsp3) is 0.292. The number of thiol groups is 1. The Morgan fingerprint density at radius 3 is 2.58 bits per heavy atom. The first-order valence-electron chi connectivity index (χ1n) is 10.6. The standard InChI is InChI=1S/C24H26ClN5O2S/c1-15-11-17(5-10-20(15)25)13-29-23-22(30(33)24(29)31)21(26-14-27-23)16(2)12-28(3)18-6-8-19(32-4)9-7-18/h5-11,14,16,33H,12-13H2,1-4H3. The maximum Gasteiger partial charge on any atom is 0.340 e. The molecule has 0 amide bonds. The van der Waals surface area contributed by atoms with E-state index >= 15 is 0 Å². The molecule has 0 fully saturated rings. The fourth-order valence-corrected chi connectivity index (χ4v) is 4.43. The van der Waals surface area contributed by atoms with Gasteiger partial charge in [-0.05, 0) is 48.4 Å². The Balaban J connectivity index is 1.66. The Bertz CT molecular complexity index is 1350. The first kappa shape index (κ1) is 23.2. The lowest BCUT2D eigenvalue weighted by Crippen LogP contribution is -2.24. The minimum absolute atomic E-state index is 0.0222. The van der Waals surface area contributed by atoms with E-state index in [0.717, 1.165) is 28.3 Å². The van der Waals surface area contributed by atoms with Crippen LogP contribution >= 0.6 is 24.4 Å². The van der Waals surface area contributed by atoms with Gasteiger partial charge in [0.15, 0.2) is 5.65 Å². The smallest absolute Gasteiger partial charge is 0.340 e. The summed E-state index contributed by atoms with van der Waals surface area (Å²) in [5.41, 5.74) is 4.71. The first-order valence-corrected chi connectivity index (χ1v) is 11.3. The molecule has 4 aromatic rings. The number of aryl methyl sites for hydroxylation is 1. The van der Waals surface area contributed by atoms with Gasteiger partial charge in [-0.15, -0.1) is 0 Å². The molecule has 0 spiro atoms. The van der Waals surface area contributed by atoms with Gasteiger partial charge in [-0.3, -0.25) is 4.57 Å². The normalized spacial score (nSPS) is 12.2. The van der Waals surface area contributed by atoms with Crippen LogP contribution in [-0.4, -0.2) is 39.2 Å². The SMILES string of the molecule is COc1ccc(N(C)CC(C)c2ncnc3c2n(S)c(=O)n3Cc2ccc(Cl)c(C)c2)cc1. The Labute approximate surface area is 203 Å². The summed E-state index contributed by atoms with van der Waals surface area (Å²) >= 11 is 10.6. The van der Waals surface area contributed by atoms with E-state index < -0.39 is 0 Å². The van der Waals surface area contributed by atoms with E-state index in [9.17, 15) is 4.79 Å². The highest BCUT2D eigenvalue weighted by Gasteiger charge is 2.22. The minimum atomic E-state index is -0.251. The summed E-state index contributed by atoms with van der Waals surface area (Å²) in [6, 6.07) is 13.6. The molecule has 172 valence electrons. The van der Waals surface area contributed by atoms with Crippen LogP contribution in [0.1, 0.15) is 29.7 Å². The Morgan fingerprint density at radius 1 is 1.18 bits per heavy atom. The van der Waals surface area contributed by atoms with E-state index in [2.05, 4.69) is 34.6 Å². The van der Waals surface area contributed by atoms with E-state index in [0.29, 0.717) is 29.3 Å². The molecule has 0 bridgehead atoms. The second-order valence-corrected chi connectivity index (χ2v) is 8.98. The van der Waals surface area contributed by atoms with Gasteiger partial charge in [0.1, 0.15) is 17.6 Å². The van der Waals surface area contributed by atoms with E-state index in [-0.39, 0.29) is 11.6 Å². The van der Waals surface area contributed by atoms with Crippen molar-refractivity contribution in [1.29, 1.82) is 0 Å². The van der Waals surface area contributed by atoms with E-state index in [1.165, 1.54) is 10.3 Å². The number of nitrogens with zero attached hydrogens (tertiary/aromatic N) is 5. The third-order valence-corrected chi connectivity index (χ3v) is 6.60. The molecule has 33 heavy (non-hydrogen) atoms. The zero-order valence-electron chi connectivity index (χ0n) is 19.0. The maximum absolute atomic E-state index is 13.1. The first-order chi connectivity index (χ1) is 15.8. The summed E-state index contributed by atoms with van der Waals surface area (Å²) in [5, 5.41) is 0.696. The molecule has 2 aromatic carbocycles. The van der Waals surface area contributed by atoms with Crippen molar-refractivity contribution >= 4 is 41.3 Å². The van der Waals surface area contributed by atoms with Gasteiger partial charge in [0, 0.05) is 30.2 Å². The van der Waals surface area contributed by atoms with Crippen LogP contribution < -0.4 is 15.3 Å². The van der Waals surface area contributed by atoms with E-state index in [1.807, 2.05) is 56.4 Å². The molecular formula is C24H26ClN5O2S. The molecule has 2 heterocycles. The third-order valence-electron chi connectivity index (χ3n) is 5.80. The molecule has 0 radical (unpaired) electrons. The fourth-order valence-electron chi connectivity index (χ4n) is 4.01. The van der Waals surface area contributed by atoms with Crippen LogP contribution in [0.15, 0.2) is 53.6 Å². The van der Waals surface area contributed by atoms with Gasteiger partial charge in [0.25, 0.3) is 0 Å². The van der Waals surface area contributed by atoms with Crippen molar-refractivity contribution in [2.24, 2.45) is 0 Å². The van der Waals surface area contributed by atoms with E-state index in [4.69, 9.17) is 16.3 Å². The summed E-state index contributed by atoms with van der Waals surface area (Å²) in [4.78, 5) is 24.2. The summed E-state index contributed by atoms with van der Waals surface area (Å²) in [6.07, 6.45) is 1.51. The van der Waals surface area contributed by atoms with E-state index in [1.54, 1.807) is 11.7 Å². The molecule has 9 heteroatoms. The molecule has 4 rings (SSSR count). The molecule has 0 aliphatic heterocycles. The molecule has 0 N–H and O–H groups in total. The Hall–Kier alpha value is -2.97. The van der Waals surface area contributed by atoms with Gasteiger partial charge in [-0.25, -0.2) is 18.7 Å². The number of rotatable bonds is 7. The number of imidazole rings is 1. The van der Waals surface area contributed by atoms with Crippen molar-refractivity contribution in [3.63, 3.8) is 0 Å². The number of hydrogen-bond donors (Lipinski definition) is 1. The van der Waals surface area contributed by atoms with Gasteiger partial charge in [0.05, 0.1) is 19.3 Å². The molecule has 0 aliphatic carbocycles. The highest BCUT2D eigenvalue weighted by molar-refractivity contribution is 7.78. The minimum Gasteiger partial charge on any atom is -0.497 e. The number of methoxy groups -OCH3 is 1. The maximum atomic E-state index is 13.1. The topological polar surface area (TPSA) is 65.2 Å². The highest BCUT2D eigenvalue weighted by Crippen LogP contribution is 2.26.